The Balaban J connectivity index is 1.84. The number of ether oxygens (including phenoxy) is 2. The zero-order chi connectivity index (χ0) is 15.6. The lowest BCUT2D eigenvalue weighted by molar-refractivity contribution is -0.244. The molecule has 1 aromatic rings. The second kappa shape index (κ2) is 4.40. The molecular formula is C17H19NO4. The van der Waals surface area contributed by atoms with Gasteiger partial charge in [0.25, 0.3) is 5.79 Å². The Morgan fingerprint density at radius 3 is 2.59 bits per heavy atom. The molecule has 3 heterocycles. The smallest absolute Gasteiger partial charge is 0.275 e. The fraction of sp³-hybridized carbons (Fsp3) is 0.529. The molecule has 0 amide bonds. The van der Waals surface area contributed by atoms with Crippen molar-refractivity contribution in [2.75, 3.05) is 7.11 Å². The quantitative estimate of drug-likeness (QED) is 0.839. The number of hydrogen-bond acceptors (Lipinski definition) is 5. The van der Waals surface area contributed by atoms with Gasteiger partial charge in [0.15, 0.2) is 5.78 Å². The molecule has 2 saturated heterocycles. The van der Waals surface area contributed by atoms with Crippen LogP contribution in [-0.4, -0.2) is 36.6 Å². The summed E-state index contributed by atoms with van der Waals surface area (Å²) in [6.07, 6.45) is -0.539. The Hall–Kier alpha value is -1.72. The Bertz CT molecular complexity index is 688. The summed E-state index contributed by atoms with van der Waals surface area (Å²) in [5, 5.41) is 4.32. The first kappa shape index (κ1) is 13.9. The van der Waals surface area contributed by atoms with E-state index in [0.717, 1.165) is 22.4 Å². The molecule has 0 aromatic heterocycles. The molecule has 3 aliphatic heterocycles. The molecule has 1 aromatic carbocycles. The molecule has 2 fully saturated rings. The van der Waals surface area contributed by atoms with Gasteiger partial charge in [0.1, 0.15) is 23.8 Å². The first-order valence-electron chi connectivity index (χ1n) is 7.55. The van der Waals surface area contributed by atoms with Crippen molar-refractivity contribution < 1.29 is 19.1 Å². The van der Waals surface area contributed by atoms with Gasteiger partial charge in [-0.1, -0.05) is 22.9 Å². The minimum atomic E-state index is -0.947. The number of aryl methyl sites for hydroxylation is 3. The minimum absolute atomic E-state index is 0.114. The normalized spacial score (nSPS) is 35.5. The number of rotatable bonds is 2. The molecule has 4 rings (SSSR count). The number of ketones is 1. The van der Waals surface area contributed by atoms with Crippen LogP contribution < -0.4 is 0 Å². The molecule has 0 N–H and O–H groups in total. The monoisotopic (exact) mass is 301 g/mol. The molecule has 0 aliphatic carbocycles. The number of fused-ring (bicyclic) bond motifs is 5. The largest absolute Gasteiger partial charge is 0.359 e. The van der Waals surface area contributed by atoms with E-state index in [0.29, 0.717) is 6.42 Å². The highest BCUT2D eigenvalue weighted by Crippen LogP contribution is 2.52. The van der Waals surface area contributed by atoms with Crippen molar-refractivity contribution in [2.45, 2.75) is 45.2 Å². The van der Waals surface area contributed by atoms with Crippen molar-refractivity contribution in [1.29, 1.82) is 0 Å². The van der Waals surface area contributed by atoms with Crippen molar-refractivity contribution in [3.8, 4) is 0 Å². The van der Waals surface area contributed by atoms with Crippen LogP contribution in [0.25, 0.3) is 0 Å². The molecule has 116 valence electrons. The van der Waals surface area contributed by atoms with Gasteiger partial charge >= 0.3 is 0 Å². The van der Waals surface area contributed by atoms with Crippen molar-refractivity contribution in [3.05, 3.63) is 34.4 Å². The zero-order valence-corrected chi connectivity index (χ0v) is 13.2. The molecule has 3 aliphatic rings. The van der Waals surface area contributed by atoms with Crippen LogP contribution in [0.2, 0.25) is 0 Å². The summed E-state index contributed by atoms with van der Waals surface area (Å²) < 4.78 is 11.5. The molecule has 22 heavy (non-hydrogen) atoms. The summed E-state index contributed by atoms with van der Waals surface area (Å²) in [5.41, 5.74) is 5.27. The third-order valence-corrected chi connectivity index (χ3v) is 5.03. The van der Waals surface area contributed by atoms with E-state index in [1.54, 1.807) is 7.11 Å². The number of carbonyl (C=O) groups is 1. The first-order chi connectivity index (χ1) is 10.5. The maximum atomic E-state index is 12.1. The van der Waals surface area contributed by atoms with Gasteiger partial charge in [-0.2, -0.15) is 0 Å². The van der Waals surface area contributed by atoms with Gasteiger partial charge in [-0.3, -0.25) is 4.79 Å². The van der Waals surface area contributed by atoms with Gasteiger partial charge in [0.05, 0.1) is 0 Å². The van der Waals surface area contributed by atoms with E-state index in [1.807, 2.05) is 0 Å². The highest BCUT2D eigenvalue weighted by Gasteiger charge is 2.71. The van der Waals surface area contributed by atoms with E-state index < -0.39 is 11.9 Å². The lowest BCUT2D eigenvalue weighted by Crippen LogP contribution is -2.52. The van der Waals surface area contributed by atoms with E-state index in [4.69, 9.17) is 14.3 Å². The van der Waals surface area contributed by atoms with Crippen molar-refractivity contribution in [1.82, 2.24) is 0 Å². The fourth-order valence-electron chi connectivity index (χ4n) is 4.22. The van der Waals surface area contributed by atoms with Gasteiger partial charge in [-0.05, 0) is 31.9 Å². The molecule has 0 radical (unpaired) electrons. The van der Waals surface area contributed by atoms with Crippen molar-refractivity contribution >= 4 is 11.5 Å². The van der Waals surface area contributed by atoms with Crippen LogP contribution >= 0.6 is 0 Å². The van der Waals surface area contributed by atoms with Crippen LogP contribution in [0, 0.1) is 26.7 Å². The molecule has 4 atom stereocenters. The highest BCUT2D eigenvalue weighted by atomic mass is 16.8. The highest BCUT2D eigenvalue weighted by molar-refractivity contribution is 6.09. The minimum Gasteiger partial charge on any atom is -0.359 e. The third-order valence-electron chi connectivity index (χ3n) is 5.03. The maximum Gasteiger partial charge on any atom is 0.275 e. The van der Waals surface area contributed by atoms with Gasteiger partial charge in [-0.25, -0.2) is 0 Å². The molecule has 2 bridgehead atoms. The predicted molar refractivity (Wildman–Crippen MR) is 79.8 cm³/mol. The molecule has 0 spiro atoms. The second-order valence-electron chi connectivity index (χ2n) is 6.46. The first-order valence-corrected chi connectivity index (χ1v) is 7.55. The lowest BCUT2D eigenvalue weighted by atomic mass is 9.76. The van der Waals surface area contributed by atoms with Crippen LogP contribution in [0.1, 0.15) is 28.7 Å². The fourth-order valence-corrected chi connectivity index (χ4v) is 4.22. The molecule has 0 saturated carbocycles. The van der Waals surface area contributed by atoms with Gasteiger partial charge < -0.3 is 14.3 Å². The van der Waals surface area contributed by atoms with E-state index in [2.05, 4.69) is 38.1 Å². The molecule has 0 unspecified atom stereocenters. The summed E-state index contributed by atoms with van der Waals surface area (Å²) in [6, 6.07) is 4.24. The van der Waals surface area contributed by atoms with Gasteiger partial charge in [0.2, 0.25) is 0 Å². The Kier molecular flexibility index (Phi) is 2.78. The number of oxime groups is 1. The topological polar surface area (TPSA) is 57.1 Å². The lowest BCUT2D eigenvalue weighted by Gasteiger charge is -2.31. The van der Waals surface area contributed by atoms with Crippen LogP contribution in [0.5, 0.6) is 0 Å². The number of carbonyl (C=O) groups excluding carboxylic acids is 1. The van der Waals surface area contributed by atoms with E-state index in [1.165, 1.54) is 5.56 Å². The Morgan fingerprint density at radius 1 is 1.27 bits per heavy atom. The van der Waals surface area contributed by atoms with E-state index >= 15 is 0 Å². The average molecular weight is 301 g/mol. The predicted octanol–water partition coefficient (Wildman–Crippen LogP) is 2.05. The summed E-state index contributed by atoms with van der Waals surface area (Å²) in [4.78, 5) is 17.8. The summed E-state index contributed by atoms with van der Waals surface area (Å²) >= 11 is 0. The number of methoxy groups -OCH3 is 1. The van der Waals surface area contributed by atoms with Gasteiger partial charge in [0, 0.05) is 19.1 Å². The van der Waals surface area contributed by atoms with Gasteiger partial charge in [-0.15, -0.1) is 0 Å². The van der Waals surface area contributed by atoms with Crippen molar-refractivity contribution in [3.63, 3.8) is 0 Å². The van der Waals surface area contributed by atoms with Crippen LogP contribution in [0.4, 0.5) is 0 Å². The number of nitrogens with zero attached hydrogens (tertiary/aromatic N) is 1. The number of Topliss-reactive ketones (excluding diaryl/α,β-unsaturated/α-hetero) is 1. The maximum absolute atomic E-state index is 12.1. The van der Waals surface area contributed by atoms with E-state index in [-0.39, 0.29) is 17.8 Å². The van der Waals surface area contributed by atoms with Crippen LogP contribution in [0.15, 0.2) is 17.3 Å². The van der Waals surface area contributed by atoms with Crippen molar-refractivity contribution in [2.24, 2.45) is 11.1 Å². The molecule has 5 heteroatoms. The second-order valence-corrected chi connectivity index (χ2v) is 6.46. The SMILES string of the molecule is CO[C@]12ON=C(c3c(C)cc(C)cc3C)[C@@H]1[C@H]1O[C@@H]2CC1=O. The standard InChI is InChI=1S/C17H19NO4/c1-8-5-9(2)13(10(3)6-8)15-14-16-11(19)7-12(21-16)17(14,20-4)22-18-15/h5-6,12,14,16H,7H2,1-4H3/t12-,14-,16+,17-/m1/s1. The summed E-state index contributed by atoms with van der Waals surface area (Å²) in [6.45, 7) is 6.18. The molecule has 5 nitrogen and oxygen atoms in total. The number of benzene rings is 1. The average Bonchev–Trinajstić information content (AvgIpc) is 3.07. The molecular weight excluding hydrogens is 282 g/mol. The third kappa shape index (κ3) is 1.55. The Labute approximate surface area is 129 Å². The summed E-state index contributed by atoms with van der Waals surface area (Å²) in [7, 11) is 1.59. The van der Waals surface area contributed by atoms with Crippen LogP contribution in [0.3, 0.4) is 0 Å². The van der Waals surface area contributed by atoms with Crippen LogP contribution in [-0.2, 0) is 19.1 Å². The Morgan fingerprint density at radius 2 is 1.95 bits per heavy atom. The zero-order valence-electron chi connectivity index (χ0n) is 13.2. The number of hydrogen-bond donors (Lipinski definition) is 0. The van der Waals surface area contributed by atoms with E-state index in [9.17, 15) is 4.79 Å². The summed E-state index contributed by atoms with van der Waals surface area (Å²) in [5.74, 6) is -1.12.